The fraction of sp³-hybridized carbons (Fsp3) is 0.200. The number of aliphatic hydroxyl groups is 1. The number of carbonyl (C=O) groups excluding carboxylic acids is 1. The van der Waals surface area contributed by atoms with Gasteiger partial charge in [-0.25, -0.2) is 4.79 Å². The summed E-state index contributed by atoms with van der Waals surface area (Å²) in [6.07, 6.45) is 0. The highest BCUT2D eigenvalue weighted by Gasteiger charge is 2.19. The van der Waals surface area contributed by atoms with Gasteiger partial charge in [0.1, 0.15) is 0 Å². The molecule has 0 saturated heterocycles. The van der Waals surface area contributed by atoms with Crippen LogP contribution in [0.1, 0.15) is 10.4 Å². The summed E-state index contributed by atoms with van der Waals surface area (Å²) < 4.78 is 0. The lowest BCUT2D eigenvalue weighted by Gasteiger charge is -2.11. The molecule has 0 aliphatic carbocycles. The molecule has 1 unspecified atom stereocenters. The van der Waals surface area contributed by atoms with Gasteiger partial charge in [-0.05, 0) is 24.3 Å². The molecule has 0 heterocycles. The summed E-state index contributed by atoms with van der Waals surface area (Å²) in [7, 11) is 0. The average Bonchev–Trinajstić information content (AvgIpc) is 2.26. The number of benzene rings is 1. The molecule has 0 radical (unpaired) electrons. The third-order valence-electron chi connectivity index (χ3n) is 1.89. The van der Waals surface area contributed by atoms with Gasteiger partial charge in [0.25, 0.3) is 5.91 Å². The number of carboxylic acids is 1. The molecule has 1 rings (SSSR count). The number of carbonyl (C=O) groups is 2. The van der Waals surface area contributed by atoms with Crippen molar-refractivity contribution in [1.82, 2.24) is 5.32 Å². The van der Waals surface area contributed by atoms with E-state index in [9.17, 15) is 9.59 Å². The van der Waals surface area contributed by atoms with E-state index < -0.39 is 24.5 Å². The van der Waals surface area contributed by atoms with Crippen LogP contribution < -0.4 is 5.32 Å². The lowest BCUT2D eigenvalue weighted by molar-refractivity contribution is -0.140. The largest absolute Gasteiger partial charge is 0.480 e. The molecule has 5 nitrogen and oxygen atoms in total. The van der Waals surface area contributed by atoms with Gasteiger partial charge in [0, 0.05) is 10.6 Å². The van der Waals surface area contributed by atoms with Crippen LogP contribution in [0, 0.1) is 0 Å². The Hall–Kier alpha value is -1.59. The third-order valence-corrected chi connectivity index (χ3v) is 2.14. The average molecular weight is 244 g/mol. The molecule has 1 aromatic rings. The number of amides is 1. The van der Waals surface area contributed by atoms with Gasteiger partial charge in [0.15, 0.2) is 6.04 Å². The van der Waals surface area contributed by atoms with Crippen molar-refractivity contribution in [2.75, 3.05) is 6.61 Å². The molecular formula is C10H10ClNO4. The van der Waals surface area contributed by atoms with Crippen molar-refractivity contribution in [2.24, 2.45) is 0 Å². The van der Waals surface area contributed by atoms with E-state index in [1.165, 1.54) is 24.3 Å². The first-order valence-corrected chi connectivity index (χ1v) is 4.82. The number of halogens is 1. The van der Waals surface area contributed by atoms with E-state index in [1.54, 1.807) is 0 Å². The SMILES string of the molecule is O=C(NC(CO)C(=O)O)c1ccc(Cl)cc1. The van der Waals surface area contributed by atoms with Crippen LogP contribution in [-0.2, 0) is 4.79 Å². The molecule has 1 atom stereocenters. The molecule has 16 heavy (non-hydrogen) atoms. The molecule has 0 bridgehead atoms. The zero-order valence-corrected chi connectivity index (χ0v) is 8.94. The summed E-state index contributed by atoms with van der Waals surface area (Å²) in [6, 6.07) is 4.67. The molecule has 3 N–H and O–H groups in total. The van der Waals surface area contributed by atoms with Crippen LogP contribution in [-0.4, -0.2) is 34.7 Å². The molecule has 1 amide bonds. The Morgan fingerprint density at radius 3 is 2.31 bits per heavy atom. The predicted molar refractivity (Wildman–Crippen MR) is 57.4 cm³/mol. The number of hydrogen-bond acceptors (Lipinski definition) is 3. The molecule has 0 saturated carbocycles. The van der Waals surface area contributed by atoms with Crippen molar-refractivity contribution in [3.63, 3.8) is 0 Å². The second kappa shape index (κ2) is 5.48. The predicted octanol–water partition coefficient (Wildman–Crippen LogP) is 0.515. The summed E-state index contributed by atoms with van der Waals surface area (Å²) in [5.41, 5.74) is 0.282. The first-order valence-electron chi connectivity index (χ1n) is 4.44. The van der Waals surface area contributed by atoms with Crippen molar-refractivity contribution in [3.05, 3.63) is 34.9 Å². The van der Waals surface area contributed by atoms with E-state index in [2.05, 4.69) is 5.32 Å². The zero-order valence-electron chi connectivity index (χ0n) is 8.18. The smallest absolute Gasteiger partial charge is 0.328 e. The fourth-order valence-corrected chi connectivity index (χ4v) is 1.15. The maximum atomic E-state index is 11.5. The van der Waals surface area contributed by atoms with Crippen molar-refractivity contribution in [3.8, 4) is 0 Å². The van der Waals surface area contributed by atoms with Crippen LogP contribution in [0.15, 0.2) is 24.3 Å². The number of hydrogen-bond donors (Lipinski definition) is 3. The molecule has 6 heteroatoms. The second-order valence-corrected chi connectivity index (χ2v) is 3.49. The quantitative estimate of drug-likeness (QED) is 0.719. The topological polar surface area (TPSA) is 86.6 Å². The van der Waals surface area contributed by atoms with Crippen LogP contribution in [0.25, 0.3) is 0 Å². The summed E-state index contributed by atoms with van der Waals surface area (Å²) in [6.45, 7) is -0.658. The van der Waals surface area contributed by atoms with Gasteiger partial charge in [-0.15, -0.1) is 0 Å². The van der Waals surface area contributed by atoms with Crippen LogP contribution in [0.5, 0.6) is 0 Å². The van der Waals surface area contributed by atoms with Gasteiger partial charge in [0.2, 0.25) is 0 Å². The second-order valence-electron chi connectivity index (χ2n) is 3.05. The summed E-state index contributed by atoms with van der Waals surface area (Å²) in [5, 5.41) is 20.0. The molecule has 0 aliphatic heterocycles. The van der Waals surface area contributed by atoms with Crippen molar-refractivity contribution in [2.45, 2.75) is 6.04 Å². The van der Waals surface area contributed by atoms with Gasteiger partial charge < -0.3 is 15.5 Å². The van der Waals surface area contributed by atoms with Gasteiger partial charge in [-0.3, -0.25) is 4.79 Å². The monoisotopic (exact) mass is 243 g/mol. The third kappa shape index (κ3) is 3.22. The van der Waals surface area contributed by atoms with E-state index in [-0.39, 0.29) is 5.56 Å². The standard InChI is InChI=1S/C10H10ClNO4/c11-7-3-1-6(2-4-7)9(14)12-8(5-13)10(15)16/h1-4,8,13H,5H2,(H,12,14)(H,15,16). The van der Waals surface area contributed by atoms with Gasteiger partial charge in [0.05, 0.1) is 6.61 Å². The zero-order chi connectivity index (χ0) is 12.1. The Kier molecular flexibility index (Phi) is 4.28. The van der Waals surface area contributed by atoms with Crippen LogP contribution in [0.3, 0.4) is 0 Å². The normalized spacial score (nSPS) is 11.9. The van der Waals surface area contributed by atoms with Crippen LogP contribution in [0.4, 0.5) is 0 Å². The number of aliphatic carboxylic acids is 1. The highest BCUT2D eigenvalue weighted by molar-refractivity contribution is 6.30. The van der Waals surface area contributed by atoms with Crippen molar-refractivity contribution >= 4 is 23.5 Å². The van der Waals surface area contributed by atoms with E-state index in [1.807, 2.05) is 0 Å². The molecule has 0 aromatic heterocycles. The van der Waals surface area contributed by atoms with Gasteiger partial charge in [-0.2, -0.15) is 0 Å². The molecule has 0 spiro atoms. The highest BCUT2D eigenvalue weighted by atomic mass is 35.5. The van der Waals surface area contributed by atoms with Crippen LogP contribution >= 0.6 is 11.6 Å². The van der Waals surface area contributed by atoms with Crippen molar-refractivity contribution in [1.29, 1.82) is 0 Å². The lowest BCUT2D eigenvalue weighted by Crippen LogP contribution is -2.43. The Morgan fingerprint density at radius 2 is 1.88 bits per heavy atom. The van der Waals surface area contributed by atoms with Gasteiger partial charge >= 0.3 is 5.97 Å². The number of carboxylic acid groups (broad SMARTS) is 1. The number of rotatable bonds is 4. The number of aliphatic hydroxyl groups excluding tert-OH is 1. The maximum absolute atomic E-state index is 11.5. The Bertz CT molecular complexity index is 390. The molecule has 0 fully saturated rings. The highest BCUT2D eigenvalue weighted by Crippen LogP contribution is 2.09. The summed E-state index contributed by atoms with van der Waals surface area (Å²) in [5.74, 6) is -1.86. The molecule has 86 valence electrons. The lowest BCUT2D eigenvalue weighted by atomic mass is 10.2. The molecular weight excluding hydrogens is 234 g/mol. The summed E-state index contributed by atoms with van der Waals surface area (Å²) in [4.78, 5) is 22.1. The van der Waals surface area contributed by atoms with Crippen LogP contribution in [0.2, 0.25) is 5.02 Å². The minimum atomic E-state index is -1.30. The maximum Gasteiger partial charge on any atom is 0.328 e. The fourth-order valence-electron chi connectivity index (χ4n) is 1.03. The van der Waals surface area contributed by atoms with E-state index in [0.717, 1.165) is 0 Å². The van der Waals surface area contributed by atoms with E-state index in [4.69, 9.17) is 21.8 Å². The number of nitrogens with one attached hydrogen (secondary N) is 1. The minimum Gasteiger partial charge on any atom is -0.480 e. The first-order chi connectivity index (χ1) is 7.54. The van der Waals surface area contributed by atoms with E-state index >= 15 is 0 Å². The Labute approximate surface area is 96.7 Å². The Morgan fingerprint density at radius 1 is 1.31 bits per heavy atom. The Balaban J connectivity index is 2.71. The summed E-state index contributed by atoms with van der Waals surface area (Å²) >= 11 is 5.63. The molecule has 1 aromatic carbocycles. The van der Waals surface area contributed by atoms with E-state index in [0.29, 0.717) is 5.02 Å². The minimum absolute atomic E-state index is 0.282. The van der Waals surface area contributed by atoms with Gasteiger partial charge in [-0.1, -0.05) is 11.6 Å². The molecule has 0 aliphatic rings. The first kappa shape index (κ1) is 12.5. The van der Waals surface area contributed by atoms with Crippen molar-refractivity contribution < 1.29 is 19.8 Å².